The molecule has 0 fully saturated rings. The number of anilines is 1. The van der Waals surface area contributed by atoms with Gasteiger partial charge in [-0.15, -0.1) is 22.7 Å². The van der Waals surface area contributed by atoms with Crippen LogP contribution in [0, 0.1) is 0 Å². The van der Waals surface area contributed by atoms with Crippen molar-refractivity contribution < 1.29 is 4.79 Å². The Morgan fingerprint density at radius 3 is 2.86 bits per heavy atom. The summed E-state index contributed by atoms with van der Waals surface area (Å²) in [6, 6.07) is 12.0. The average molecular weight is 328 g/mol. The summed E-state index contributed by atoms with van der Waals surface area (Å²) in [4.78, 5) is 18.5. The quantitative estimate of drug-likeness (QED) is 0.710. The third kappa shape index (κ3) is 3.26. The fraction of sp³-hybridized carbons (Fsp3) is 0.176. The topological polar surface area (TPSA) is 42.0 Å². The lowest BCUT2D eigenvalue weighted by Crippen LogP contribution is -2.11. The normalized spacial score (nSPS) is 10.6. The van der Waals surface area contributed by atoms with Gasteiger partial charge < -0.3 is 5.32 Å². The van der Waals surface area contributed by atoms with Crippen molar-refractivity contribution in [2.24, 2.45) is 0 Å². The summed E-state index contributed by atoms with van der Waals surface area (Å²) in [5.74, 6) is -0.0936. The van der Waals surface area contributed by atoms with E-state index in [0.717, 1.165) is 28.4 Å². The van der Waals surface area contributed by atoms with Crippen molar-refractivity contribution in [3.63, 3.8) is 0 Å². The zero-order valence-electron chi connectivity index (χ0n) is 12.2. The Hall–Kier alpha value is -1.98. The van der Waals surface area contributed by atoms with Crippen LogP contribution >= 0.6 is 22.7 Å². The largest absolute Gasteiger partial charge is 0.321 e. The predicted octanol–water partition coefficient (Wildman–Crippen LogP) is 5.08. The summed E-state index contributed by atoms with van der Waals surface area (Å²) < 4.78 is 0. The molecule has 3 nitrogen and oxygen atoms in total. The molecule has 0 saturated carbocycles. The van der Waals surface area contributed by atoms with Crippen LogP contribution < -0.4 is 5.32 Å². The lowest BCUT2D eigenvalue weighted by atomic mass is 10.1. The molecule has 22 heavy (non-hydrogen) atoms. The maximum Gasteiger partial charge on any atom is 0.267 e. The van der Waals surface area contributed by atoms with E-state index in [2.05, 4.69) is 23.3 Å². The van der Waals surface area contributed by atoms with E-state index >= 15 is 0 Å². The number of nitrogens with zero attached hydrogens (tertiary/aromatic N) is 1. The third-order valence-corrected chi connectivity index (χ3v) is 5.28. The molecule has 1 N–H and O–H groups in total. The summed E-state index contributed by atoms with van der Waals surface area (Å²) in [5, 5.41) is 5.91. The van der Waals surface area contributed by atoms with Crippen molar-refractivity contribution >= 4 is 34.3 Å². The molecule has 0 aliphatic heterocycles. The Morgan fingerprint density at radius 2 is 2.09 bits per heavy atom. The van der Waals surface area contributed by atoms with Crippen LogP contribution in [0.4, 0.5) is 5.69 Å². The zero-order chi connectivity index (χ0) is 15.4. The van der Waals surface area contributed by atoms with E-state index in [1.54, 1.807) is 17.5 Å². The molecule has 3 aromatic rings. The van der Waals surface area contributed by atoms with Gasteiger partial charge in [0.25, 0.3) is 5.91 Å². The second-order valence-corrected chi connectivity index (χ2v) is 6.85. The first-order valence-electron chi connectivity index (χ1n) is 7.17. The van der Waals surface area contributed by atoms with Gasteiger partial charge in [0.05, 0.1) is 11.1 Å². The lowest BCUT2D eigenvalue weighted by molar-refractivity contribution is 0.103. The van der Waals surface area contributed by atoms with Crippen LogP contribution in [0.25, 0.3) is 9.88 Å². The van der Waals surface area contributed by atoms with Crippen LogP contribution in [0.2, 0.25) is 0 Å². The number of rotatable bonds is 5. The number of carbonyl (C=O) groups is 1. The molecule has 0 saturated heterocycles. The molecule has 0 radical (unpaired) electrons. The first kappa shape index (κ1) is 14.9. The maximum absolute atomic E-state index is 12.4. The van der Waals surface area contributed by atoms with Crippen molar-refractivity contribution in [2.45, 2.75) is 19.8 Å². The molecule has 5 heteroatoms. The Kier molecular flexibility index (Phi) is 4.65. The minimum atomic E-state index is -0.0936. The molecule has 0 unspecified atom stereocenters. The van der Waals surface area contributed by atoms with Crippen LogP contribution in [-0.2, 0) is 6.42 Å². The van der Waals surface area contributed by atoms with Crippen LogP contribution in [0.15, 0.2) is 48.0 Å². The van der Waals surface area contributed by atoms with Gasteiger partial charge in [-0.3, -0.25) is 4.79 Å². The Bertz CT molecular complexity index is 763. The smallest absolute Gasteiger partial charge is 0.267 e. The fourth-order valence-corrected chi connectivity index (χ4v) is 3.82. The van der Waals surface area contributed by atoms with E-state index in [1.165, 1.54) is 16.9 Å². The van der Waals surface area contributed by atoms with Crippen molar-refractivity contribution in [2.75, 3.05) is 5.32 Å². The number of hydrogen-bond donors (Lipinski definition) is 1. The first-order chi connectivity index (χ1) is 10.8. The minimum absolute atomic E-state index is 0.0936. The number of aromatic nitrogens is 1. The van der Waals surface area contributed by atoms with Gasteiger partial charge in [0.2, 0.25) is 0 Å². The number of thiophene rings is 1. The standard InChI is InChI=1S/C17H16N2OS2/c1-2-6-12-7-3-4-8-13(12)19-16(20)15-11-18-17(22-15)14-9-5-10-21-14/h3-5,7-11H,2,6H2,1H3,(H,19,20). The van der Waals surface area contributed by atoms with Gasteiger partial charge in [-0.1, -0.05) is 37.6 Å². The summed E-state index contributed by atoms with van der Waals surface area (Å²) in [6.45, 7) is 2.13. The van der Waals surface area contributed by atoms with Crippen LogP contribution in [0.5, 0.6) is 0 Å². The minimum Gasteiger partial charge on any atom is -0.321 e. The summed E-state index contributed by atoms with van der Waals surface area (Å²) in [5.41, 5.74) is 2.06. The SMILES string of the molecule is CCCc1ccccc1NC(=O)c1cnc(-c2cccs2)s1. The van der Waals surface area contributed by atoms with Crippen LogP contribution in [-0.4, -0.2) is 10.9 Å². The molecule has 0 spiro atoms. The van der Waals surface area contributed by atoms with Crippen LogP contribution in [0.1, 0.15) is 28.6 Å². The van der Waals surface area contributed by atoms with E-state index in [-0.39, 0.29) is 5.91 Å². The molecule has 0 bridgehead atoms. The van der Waals surface area contributed by atoms with E-state index in [4.69, 9.17) is 0 Å². The molecule has 0 atom stereocenters. The zero-order valence-corrected chi connectivity index (χ0v) is 13.8. The summed E-state index contributed by atoms with van der Waals surface area (Å²) in [7, 11) is 0. The molecule has 112 valence electrons. The second-order valence-electron chi connectivity index (χ2n) is 4.87. The van der Waals surface area contributed by atoms with Crippen molar-refractivity contribution in [3.05, 3.63) is 58.4 Å². The summed E-state index contributed by atoms with van der Waals surface area (Å²) in [6.07, 6.45) is 3.66. The number of aryl methyl sites for hydroxylation is 1. The van der Waals surface area contributed by atoms with E-state index in [9.17, 15) is 4.79 Å². The highest BCUT2D eigenvalue weighted by atomic mass is 32.1. The first-order valence-corrected chi connectivity index (χ1v) is 8.86. The molecular formula is C17H16N2OS2. The highest BCUT2D eigenvalue weighted by Gasteiger charge is 2.13. The number of hydrogen-bond acceptors (Lipinski definition) is 4. The van der Waals surface area contributed by atoms with Crippen molar-refractivity contribution in [1.29, 1.82) is 0 Å². The lowest BCUT2D eigenvalue weighted by Gasteiger charge is -2.09. The predicted molar refractivity (Wildman–Crippen MR) is 93.8 cm³/mol. The van der Waals surface area contributed by atoms with E-state index in [1.807, 2.05) is 35.7 Å². The number of carbonyl (C=O) groups excluding carboxylic acids is 1. The summed E-state index contributed by atoms with van der Waals surface area (Å²) >= 11 is 3.05. The van der Waals surface area contributed by atoms with Gasteiger partial charge in [0.1, 0.15) is 9.88 Å². The Balaban J connectivity index is 1.78. The maximum atomic E-state index is 12.4. The van der Waals surface area contributed by atoms with Gasteiger partial charge in [-0.2, -0.15) is 0 Å². The van der Waals surface area contributed by atoms with E-state index < -0.39 is 0 Å². The monoisotopic (exact) mass is 328 g/mol. The number of benzene rings is 1. The molecule has 2 aromatic heterocycles. The van der Waals surface area contributed by atoms with Crippen LogP contribution in [0.3, 0.4) is 0 Å². The molecule has 1 amide bonds. The van der Waals surface area contributed by atoms with Gasteiger partial charge >= 0.3 is 0 Å². The fourth-order valence-electron chi connectivity index (χ4n) is 2.21. The highest BCUT2D eigenvalue weighted by molar-refractivity contribution is 7.22. The molecule has 2 heterocycles. The number of thiazole rings is 1. The number of amides is 1. The number of para-hydroxylation sites is 1. The second kappa shape index (κ2) is 6.85. The van der Waals surface area contributed by atoms with Crippen molar-refractivity contribution in [3.8, 4) is 9.88 Å². The average Bonchev–Trinajstić information content (AvgIpc) is 3.20. The number of nitrogens with one attached hydrogen (secondary N) is 1. The molecule has 0 aliphatic rings. The van der Waals surface area contributed by atoms with Gasteiger partial charge in [0, 0.05) is 5.69 Å². The molecule has 3 rings (SSSR count). The Labute approximate surface area is 137 Å². The van der Waals surface area contributed by atoms with Gasteiger partial charge in [-0.25, -0.2) is 4.98 Å². The molecule has 1 aromatic carbocycles. The third-order valence-electron chi connectivity index (χ3n) is 3.25. The molecular weight excluding hydrogens is 312 g/mol. The van der Waals surface area contributed by atoms with Crippen molar-refractivity contribution in [1.82, 2.24) is 4.98 Å². The van der Waals surface area contributed by atoms with E-state index in [0.29, 0.717) is 4.88 Å². The van der Waals surface area contributed by atoms with Gasteiger partial charge in [0.15, 0.2) is 0 Å². The molecule has 0 aliphatic carbocycles. The Morgan fingerprint density at radius 1 is 1.23 bits per heavy atom. The highest BCUT2D eigenvalue weighted by Crippen LogP contribution is 2.29. The van der Waals surface area contributed by atoms with Gasteiger partial charge in [-0.05, 0) is 29.5 Å².